The number of methoxy groups -OCH3 is 2. The van der Waals surface area contributed by atoms with Crippen LogP contribution in [0.3, 0.4) is 0 Å². The molecule has 0 bridgehead atoms. The largest absolute Gasteiger partial charge is 0.497 e. The average molecular weight is 337 g/mol. The maximum Gasteiger partial charge on any atom is 0.339 e. The number of benzene rings is 2. The first-order chi connectivity index (χ1) is 10.9. The number of anilines is 1. The quantitative estimate of drug-likeness (QED) is 0.838. The Morgan fingerprint density at radius 2 is 1.83 bits per heavy atom. The van der Waals surface area contributed by atoms with E-state index < -0.39 is 16.0 Å². The highest BCUT2D eigenvalue weighted by Gasteiger charge is 2.19. The Hall–Kier alpha value is -2.74. The lowest BCUT2D eigenvalue weighted by Gasteiger charge is -2.11. The van der Waals surface area contributed by atoms with Crippen molar-refractivity contribution in [3.8, 4) is 11.5 Å². The van der Waals surface area contributed by atoms with E-state index in [0.717, 1.165) is 6.07 Å². The van der Waals surface area contributed by atoms with Crippen LogP contribution in [0.25, 0.3) is 0 Å². The molecule has 0 aliphatic carbocycles. The smallest absolute Gasteiger partial charge is 0.339 e. The maximum atomic E-state index is 12.4. The minimum Gasteiger partial charge on any atom is -0.497 e. The summed E-state index contributed by atoms with van der Waals surface area (Å²) in [5.41, 5.74) is 0.0676. The van der Waals surface area contributed by atoms with E-state index in [1.165, 1.54) is 32.4 Å². The highest BCUT2D eigenvalue weighted by molar-refractivity contribution is 7.92. The zero-order chi connectivity index (χ0) is 17.0. The monoisotopic (exact) mass is 337 g/mol. The van der Waals surface area contributed by atoms with Crippen molar-refractivity contribution in [2.24, 2.45) is 0 Å². The molecule has 0 fully saturated rings. The third-order valence-electron chi connectivity index (χ3n) is 3.03. The second kappa shape index (κ2) is 6.57. The van der Waals surface area contributed by atoms with E-state index in [2.05, 4.69) is 4.72 Å². The summed E-state index contributed by atoms with van der Waals surface area (Å²) in [7, 11) is -1.17. The number of carboxylic acids is 1. The van der Waals surface area contributed by atoms with Crippen LogP contribution in [0.15, 0.2) is 47.4 Å². The molecular weight excluding hydrogens is 322 g/mol. The zero-order valence-electron chi connectivity index (χ0n) is 12.4. The molecule has 0 saturated heterocycles. The van der Waals surface area contributed by atoms with Crippen molar-refractivity contribution in [3.63, 3.8) is 0 Å². The van der Waals surface area contributed by atoms with Crippen LogP contribution < -0.4 is 14.2 Å². The number of rotatable bonds is 6. The number of hydrogen-bond donors (Lipinski definition) is 2. The summed E-state index contributed by atoms with van der Waals surface area (Å²) in [6, 6.07) is 9.99. The van der Waals surface area contributed by atoms with Gasteiger partial charge in [-0.25, -0.2) is 13.2 Å². The van der Waals surface area contributed by atoms with Gasteiger partial charge in [0, 0.05) is 6.07 Å². The van der Waals surface area contributed by atoms with Gasteiger partial charge in [0.15, 0.2) is 0 Å². The number of sulfonamides is 1. The zero-order valence-corrected chi connectivity index (χ0v) is 13.3. The Bertz CT molecular complexity index is 832. The van der Waals surface area contributed by atoms with Gasteiger partial charge in [0.25, 0.3) is 10.0 Å². The lowest BCUT2D eigenvalue weighted by atomic mass is 10.2. The third kappa shape index (κ3) is 3.72. The van der Waals surface area contributed by atoms with Gasteiger partial charge < -0.3 is 14.6 Å². The highest BCUT2D eigenvalue weighted by atomic mass is 32.2. The number of aromatic carboxylic acids is 1. The Morgan fingerprint density at radius 1 is 1.09 bits per heavy atom. The summed E-state index contributed by atoms with van der Waals surface area (Å²) in [6.45, 7) is 0. The molecule has 8 heteroatoms. The van der Waals surface area contributed by atoms with Crippen LogP contribution >= 0.6 is 0 Å². The van der Waals surface area contributed by atoms with Crippen molar-refractivity contribution in [2.45, 2.75) is 4.90 Å². The molecule has 2 N–H and O–H groups in total. The summed E-state index contributed by atoms with van der Waals surface area (Å²) in [5, 5.41) is 9.13. The first-order valence-electron chi connectivity index (χ1n) is 6.45. The third-order valence-corrected chi connectivity index (χ3v) is 4.41. The van der Waals surface area contributed by atoms with Crippen LogP contribution in [-0.4, -0.2) is 33.7 Å². The Morgan fingerprint density at radius 3 is 2.43 bits per heavy atom. The van der Waals surface area contributed by atoms with Crippen LogP contribution in [0.2, 0.25) is 0 Å². The van der Waals surface area contributed by atoms with E-state index in [1.807, 2.05) is 0 Å². The summed E-state index contributed by atoms with van der Waals surface area (Å²) < 4.78 is 37.1. The molecule has 0 atom stereocenters. The predicted octanol–water partition coefficient (Wildman–Crippen LogP) is 2.20. The molecule has 2 rings (SSSR count). The number of carbonyl (C=O) groups is 1. The molecule has 0 aliphatic rings. The first-order valence-corrected chi connectivity index (χ1v) is 7.94. The van der Waals surface area contributed by atoms with Gasteiger partial charge in [0.05, 0.1) is 24.8 Å². The van der Waals surface area contributed by atoms with Crippen molar-refractivity contribution in [3.05, 3.63) is 48.0 Å². The SMILES string of the molecule is COc1cccc(NS(=O)(=O)c2ccc(OC)c(C(=O)O)c2)c1. The Kier molecular flexibility index (Phi) is 4.75. The number of hydrogen-bond acceptors (Lipinski definition) is 5. The van der Waals surface area contributed by atoms with E-state index in [9.17, 15) is 13.2 Å². The molecule has 2 aromatic rings. The summed E-state index contributed by atoms with van der Waals surface area (Å²) in [6.07, 6.45) is 0. The van der Waals surface area contributed by atoms with Gasteiger partial charge in [0.1, 0.15) is 17.1 Å². The van der Waals surface area contributed by atoms with Crippen molar-refractivity contribution < 1.29 is 27.8 Å². The Balaban J connectivity index is 2.39. The van der Waals surface area contributed by atoms with Crippen molar-refractivity contribution in [1.82, 2.24) is 0 Å². The fourth-order valence-electron chi connectivity index (χ4n) is 1.92. The first kappa shape index (κ1) is 16.6. The molecule has 0 heterocycles. The number of carboxylic acid groups (broad SMARTS) is 1. The minimum atomic E-state index is -3.94. The number of ether oxygens (including phenoxy) is 2. The van der Waals surface area contributed by atoms with Gasteiger partial charge in [0.2, 0.25) is 0 Å². The molecule has 2 aromatic carbocycles. The molecular formula is C15H15NO6S. The minimum absolute atomic E-state index is 0.0813. The molecule has 0 aromatic heterocycles. The van der Waals surface area contributed by atoms with Gasteiger partial charge in [-0.1, -0.05) is 6.07 Å². The molecule has 0 unspecified atom stereocenters. The molecule has 7 nitrogen and oxygen atoms in total. The van der Waals surface area contributed by atoms with Crippen molar-refractivity contribution >= 4 is 21.7 Å². The summed E-state index contributed by atoms with van der Waals surface area (Å²) in [5.74, 6) is -0.704. The molecule has 0 aliphatic heterocycles. The molecule has 23 heavy (non-hydrogen) atoms. The number of nitrogens with one attached hydrogen (secondary N) is 1. The molecule has 122 valence electrons. The van der Waals surface area contributed by atoms with E-state index in [1.54, 1.807) is 18.2 Å². The molecule has 0 radical (unpaired) electrons. The van der Waals surface area contributed by atoms with Crippen LogP contribution in [0.5, 0.6) is 11.5 Å². The maximum absolute atomic E-state index is 12.4. The molecule has 0 spiro atoms. The second-order valence-electron chi connectivity index (χ2n) is 4.50. The van der Waals surface area contributed by atoms with E-state index in [-0.39, 0.29) is 16.2 Å². The van der Waals surface area contributed by atoms with Crippen LogP contribution in [0.4, 0.5) is 5.69 Å². The predicted molar refractivity (Wildman–Crippen MR) is 83.8 cm³/mol. The van der Waals surface area contributed by atoms with Gasteiger partial charge in [-0.2, -0.15) is 0 Å². The van der Waals surface area contributed by atoms with Crippen LogP contribution in [0.1, 0.15) is 10.4 Å². The molecule has 0 saturated carbocycles. The summed E-state index contributed by atoms with van der Waals surface area (Å²) in [4.78, 5) is 11.0. The normalized spacial score (nSPS) is 10.9. The van der Waals surface area contributed by atoms with Crippen molar-refractivity contribution in [2.75, 3.05) is 18.9 Å². The van der Waals surface area contributed by atoms with E-state index in [0.29, 0.717) is 11.4 Å². The fourth-order valence-corrected chi connectivity index (χ4v) is 3.00. The highest BCUT2D eigenvalue weighted by Crippen LogP contribution is 2.25. The van der Waals surface area contributed by atoms with Crippen molar-refractivity contribution in [1.29, 1.82) is 0 Å². The second-order valence-corrected chi connectivity index (χ2v) is 6.19. The summed E-state index contributed by atoms with van der Waals surface area (Å²) >= 11 is 0. The van der Waals surface area contributed by atoms with Gasteiger partial charge in [-0.3, -0.25) is 4.72 Å². The fraction of sp³-hybridized carbons (Fsp3) is 0.133. The van der Waals surface area contributed by atoms with E-state index in [4.69, 9.17) is 14.6 Å². The average Bonchev–Trinajstić information content (AvgIpc) is 2.53. The van der Waals surface area contributed by atoms with Crippen LogP contribution in [-0.2, 0) is 10.0 Å². The Labute approximate surface area is 133 Å². The van der Waals surface area contributed by atoms with E-state index >= 15 is 0 Å². The lowest BCUT2D eigenvalue weighted by molar-refractivity contribution is 0.0693. The topological polar surface area (TPSA) is 102 Å². The molecule has 0 amide bonds. The van der Waals surface area contributed by atoms with Gasteiger partial charge in [-0.05, 0) is 30.3 Å². The lowest BCUT2D eigenvalue weighted by Crippen LogP contribution is -2.14. The van der Waals surface area contributed by atoms with Crippen LogP contribution in [0, 0.1) is 0 Å². The van der Waals surface area contributed by atoms with Gasteiger partial charge in [-0.15, -0.1) is 0 Å². The standard InChI is InChI=1S/C15H15NO6S/c1-21-11-5-3-4-10(8-11)16-23(19,20)12-6-7-14(22-2)13(9-12)15(17)18/h3-9,16H,1-2H3,(H,17,18). The van der Waals surface area contributed by atoms with Gasteiger partial charge >= 0.3 is 5.97 Å².